The molecule has 4 aromatic rings. The fourth-order valence-corrected chi connectivity index (χ4v) is 4.82. The summed E-state index contributed by atoms with van der Waals surface area (Å²) in [6.07, 6.45) is 1.42. The van der Waals surface area contributed by atoms with Crippen LogP contribution < -0.4 is 0 Å². The Labute approximate surface area is 178 Å². The van der Waals surface area contributed by atoms with Crippen molar-refractivity contribution in [2.45, 2.75) is 17.6 Å². The summed E-state index contributed by atoms with van der Waals surface area (Å²) < 4.78 is 27.7. The van der Waals surface area contributed by atoms with E-state index >= 15 is 0 Å². The largest absolute Gasteiger partial charge is 0.478 e. The number of aryl methyl sites for hydroxylation is 1. The van der Waals surface area contributed by atoms with Crippen molar-refractivity contribution in [3.63, 3.8) is 0 Å². The molecule has 8 nitrogen and oxygen atoms in total. The molecule has 0 aliphatic carbocycles. The number of hydrogen-bond donors (Lipinski definition) is 1. The lowest BCUT2D eigenvalue weighted by atomic mass is 10.00. The molecular formula is C22H18N4O4S. The van der Waals surface area contributed by atoms with Gasteiger partial charge >= 0.3 is 5.97 Å². The van der Waals surface area contributed by atoms with E-state index in [1.54, 1.807) is 25.1 Å². The minimum absolute atomic E-state index is 0.0368. The average Bonchev–Trinajstić information content (AvgIpc) is 3.28. The fraction of sp³-hybridized carbons (Fsp3) is 0.0909. The van der Waals surface area contributed by atoms with Gasteiger partial charge in [-0.2, -0.15) is 0 Å². The van der Waals surface area contributed by atoms with Gasteiger partial charge in [0, 0.05) is 0 Å². The molecule has 0 saturated carbocycles. The first kappa shape index (κ1) is 20.4. The third-order valence-corrected chi connectivity index (χ3v) is 6.57. The van der Waals surface area contributed by atoms with Gasteiger partial charge in [-0.25, -0.2) is 17.9 Å². The molecule has 0 spiro atoms. The number of rotatable bonds is 6. The maximum absolute atomic E-state index is 13.1. The number of hydrogen-bond acceptors (Lipinski definition) is 6. The van der Waals surface area contributed by atoms with Crippen molar-refractivity contribution in [2.75, 3.05) is 0 Å². The zero-order valence-electron chi connectivity index (χ0n) is 16.5. The second-order valence-electron chi connectivity index (χ2n) is 7.00. The van der Waals surface area contributed by atoms with Crippen molar-refractivity contribution in [2.24, 2.45) is 0 Å². The second-order valence-corrected chi connectivity index (χ2v) is 8.99. The predicted octanol–water partition coefficient (Wildman–Crippen LogP) is 3.31. The number of aromatic nitrogens is 4. The molecule has 0 atom stereocenters. The normalized spacial score (nSPS) is 11.4. The summed E-state index contributed by atoms with van der Waals surface area (Å²) in [6.45, 7) is 1.76. The van der Waals surface area contributed by atoms with Gasteiger partial charge in [0.1, 0.15) is 6.33 Å². The van der Waals surface area contributed by atoms with E-state index in [4.69, 9.17) is 0 Å². The van der Waals surface area contributed by atoms with Crippen LogP contribution >= 0.6 is 0 Å². The van der Waals surface area contributed by atoms with Gasteiger partial charge in [-0.05, 0) is 69.9 Å². The Morgan fingerprint density at radius 1 is 1.00 bits per heavy atom. The van der Waals surface area contributed by atoms with Crippen LogP contribution in [-0.4, -0.2) is 39.7 Å². The van der Waals surface area contributed by atoms with E-state index < -0.39 is 21.6 Å². The summed E-state index contributed by atoms with van der Waals surface area (Å²) in [4.78, 5) is 11.8. The number of nitrogens with zero attached hydrogens (tertiary/aromatic N) is 4. The average molecular weight is 434 g/mol. The number of sulfone groups is 1. The molecule has 9 heteroatoms. The highest BCUT2D eigenvalue weighted by molar-refractivity contribution is 7.90. The summed E-state index contributed by atoms with van der Waals surface area (Å²) in [6, 6.07) is 18.8. The molecule has 156 valence electrons. The number of carboxylic acid groups (broad SMARTS) is 1. The topological polar surface area (TPSA) is 115 Å². The molecule has 0 aliphatic rings. The van der Waals surface area contributed by atoms with Gasteiger partial charge in [-0.15, -0.1) is 5.10 Å². The maximum Gasteiger partial charge on any atom is 0.335 e. The first-order chi connectivity index (χ1) is 14.8. The van der Waals surface area contributed by atoms with E-state index in [0.717, 1.165) is 11.1 Å². The zero-order valence-corrected chi connectivity index (χ0v) is 17.3. The van der Waals surface area contributed by atoms with E-state index in [2.05, 4.69) is 15.5 Å². The Balaban J connectivity index is 1.72. The zero-order chi connectivity index (χ0) is 22.0. The van der Waals surface area contributed by atoms with E-state index in [9.17, 15) is 18.3 Å². The van der Waals surface area contributed by atoms with Crippen molar-refractivity contribution in [1.29, 1.82) is 0 Å². The van der Waals surface area contributed by atoms with E-state index in [1.165, 1.54) is 29.2 Å². The summed E-state index contributed by atoms with van der Waals surface area (Å²) in [7, 11) is -3.80. The Morgan fingerprint density at radius 2 is 1.77 bits per heavy atom. The van der Waals surface area contributed by atoms with Crippen molar-refractivity contribution >= 4 is 15.8 Å². The summed E-state index contributed by atoms with van der Waals surface area (Å²) in [5.41, 5.74) is 3.15. The van der Waals surface area contributed by atoms with Crippen LogP contribution in [0.1, 0.15) is 21.5 Å². The lowest BCUT2D eigenvalue weighted by molar-refractivity contribution is 0.0696. The summed E-state index contributed by atoms with van der Waals surface area (Å²) in [5.74, 6) is -1.60. The Kier molecular flexibility index (Phi) is 5.35. The van der Waals surface area contributed by atoms with Crippen LogP contribution in [0.4, 0.5) is 0 Å². The van der Waals surface area contributed by atoms with Crippen molar-refractivity contribution in [3.05, 3.63) is 89.7 Å². The Hall–Kier alpha value is -3.85. The molecule has 1 heterocycles. The predicted molar refractivity (Wildman–Crippen MR) is 114 cm³/mol. The van der Waals surface area contributed by atoms with Gasteiger partial charge in [-0.1, -0.05) is 36.4 Å². The van der Waals surface area contributed by atoms with Gasteiger partial charge in [0.25, 0.3) is 0 Å². The number of benzene rings is 3. The lowest BCUT2D eigenvalue weighted by Gasteiger charge is -2.12. The SMILES string of the molecule is Cc1cc(S(=O)(=O)Cc2cc(-c3ccccc3)ccc2C(=O)O)ccc1-n1cnnn1. The fourth-order valence-electron chi connectivity index (χ4n) is 3.37. The van der Waals surface area contributed by atoms with Crippen LogP contribution in [0.3, 0.4) is 0 Å². The molecule has 1 N–H and O–H groups in total. The molecule has 0 saturated heterocycles. The van der Waals surface area contributed by atoms with Crippen molar-refractivity contribution < 1.29 is 18.3 Å². The number of tetrazole rings is 1. The molecule has 0 amide bonds. The van der Waals surface area contributed by atoms with Crippen LogP contribution in [0.5, 0.6) is 0 Å². The van der Waals surface area contributed by atoms with Crippen LogP contribution in [0.2, 0.25) is 0 Å². The first-order valence-corrected chi connectivity index (χ1v) is 11.0. The highest BCUT2D eigenvalue weighted by atomic mass is 32.2. The van der Waals surface area contributed by atoms with Gasteiger partial charge in [-0.3, -0.25) is 0 Å². The first-order valence-electron chi connectivity index (χ1n) is 9.33. The van der Waals surface area contributed by atoms with E-state index in [0.29, 0.717) is 11.3 Å². The lowest BCUT2D eigenvalue weighted by Crippen LogP contribution is -2.11. The van der Waals surface area contributed by atoms with Crippen molar-refractivity contribution in [1.82, 2.24) is 20.2 Å². The molecule has 0 radical (unpaired) electrons. The Bertz CT molecular complexity index is 1350. The van der Waals surface area contributed by atoms with Gasteiger partial charge in [0.05, 0.1) is 21.9 Å². The second kappa shape index (κ2) is 8.11. The third kappa shape index (κ3) is 4.22. The minimum atomic E-state index is -3.80. The summed E-state index contributed by atoms with van der Waals surface area (Å²) in [5, 5.41) is 20.6. The number of carbonyl (C=O) groups is 1. The van der Waals surface area contributed by atoms with E-state index in [1.807, 2.05) is 30.3 Å². The molecule has 1 aromatic heterocycles. The molecule has 31 heavy (non-hydrogen) atoms. The van der Waals surface area contributed by atoms with Gasteiger partial charge in [0.2, 0.25) is 0 Å². The molecule has 0 unspecified atom stereocenters. The quantitative estimate of drug-likeness (QED) is 0.495. The van der Waals surface area contributed by atoms with Crippen LogP contribution in [0, 0.1) is 6.92 Å². The monoisotopic (exact) mass is 434 g/mol. The standard InChI is InChI=1S/C22H18N4O4S/c1-15-11-19(8-10-21(15)26-14-23-24-25-26)31(29,30)13-18-12-17(7-9-20(18)22(27)28)16-5-3-2-4-6-16/h2-12,14H,13H2,1H3,(H,27,28). The minimum Gasteiger partial charge on any atom is -0.478 e. The maximum atomic E-state index is 13.1. The van der Waals surface area contributed by atoms with Crippen LogP contribution in [-0.2, 0) is 15.6 Å². The highest BCUT2D eigenvalue weighted by Crippen LogP contribution is 2.27. The summed E-state index contributed by atoms with van der Waals surface area (Å²) >= 11 is 0. The van der Waals surface area contributed by atoms with Crippen molar-refractivity contribution in [3.8, 4) is 16.8 Å². The van der Waals surface area contributed by atoms with Gasteiger partial charge < -0.3 is 5.11 Å². The Morgan fingerprint density at radius 3 is 2.42 bits per heavy atom. The molecular weight excluding hydrogens is 416 g/mol. The third-order valence-electron chi connectivity index (χ3n) is 4.91. The molecule has 4 rings (SSSR count). The van der Waals surface area contributed by atoms with Crippen LogP contribution in [0.15, 0.2) is 78.0 Å². The van der Waals surface area contributed by atoms with E-state index in [-0.39, 0.29) is 16.0 Å². The smallest absolute Gasteiger partial charge is 0.335 e. The highest BCUT2D eigenvalue weighted by Gasteiger charge is 2.21. The van der Waals surface area contributed by atoms with Gasteiger partial charge in [0.15, 0.2) is 9.84 Å². The molecule has 0 aliphatic heterocycles. The number of carboxylic acids is 1. The molecule has 3 aromatic carbocycles. The number of aromatic carboxylic acids is 1. The molecule has 0 fully saturated rings. The molecule has 0 bridgehead atoms. The van der Waals surface area contributed by atoms with Crippen LogP contribution in [0.25, 0.3) is 16.8 Å².